The largest absolute Gasteiger partial charge is 0.494 e. The summed E-state index contributed by atoms with van der Waals surface area (Å²) in [5.74, 6) is 0.662. The second kappa shape index (κ2) is 5.14. The molecule has 1 rings (SSSR count). The molecule has 4 nitrogen and oxygen atoms in total. The Bertz CT molecular complexity index is 365. The fourth-order valence-corrected chi connectivity index (χ4v) is 1.09. The van der Waals surface area contributed by atoms with Gasteiger partial charge in [-0.25, -0.2) is 0 Å². The zero-order chi connectivity index (χ0) is 11.3. The molecule has 4 heteroatoms. The number of ether oxygens (including phenoxy) is 1. The summed E-state index contributed by atoms with van der Waals surface area (Å²) in [6.45, 7) is 4.08. The number of benzene rings is 1. The number of amidine groups is 1. The van der Waals surface area contributed by atoms with Gasteiger partial charge in [0.2, 0.25) is 0 Å². The van der Waals surface area contributed by atoms with Crippen molar-refractivity contribution in [2.24, 2.45) is 10.7 Å². The van der Waals surface area contributed by atoms with Gasteiger partial charge in [0.25, 0.3) is 5.91 Å². The molecule has 1 aromatic carbocycles. The van der Waals surface area contributed by atoms with Crippen LogP contribution in [0, 0.1) is 0 Å². The minimum Gasteiger partial charge on any atom is -0.494 e. The summed E-state index contributed by atoms with van der Waals surface area (Å²) in [6, 6.07) is 6.80. The topological polar surface area (TPSA) is 64.7 Å². The molecule has 0 saturated carbocycles. The Morgan fingerprint density at radius 3 is 2.47 bits per heavy atom. The molecule has 1 amide bonds. The van der Waals surface area contributed by atoms with E-state index in [1.54, 1.807) is 31.2 Å². The number of hydrogen-bond donors (Lipinski definition) is 1. The first-order valence-electron chi connectivity index (χ1n) is 4.71. The first-order valence-corrected chi connectivity index (χ1v) is 4.71. The van der Waals surface area contributed by atoms with E-state index in [1.165, 1.54) is 0 Å². The van der Waals surface area contributed by atoms with Crippen LogP contribution in [0.15, 0.2) is 29.3 Å². The fraction of sp³-hybridized carbons (Fsp3) is 0.273. The van der Waals surface area contributed by atoms with Gasteiger partial charge in [0, 0.05) is 5.56 Å². The zero-order valence-corrected chi connectivity index (χ0v) is 8.86. The van der Waals surface area contributed by atoms with E-state index in [0.717, 1.165) is 5.75 Å². The van der Waals surface area contributed by atoms with Gasteiger partial charge < -0.3 is 10.5 Å². The molecule has 0 aliphatic heterocycles. The molecule has 0 radical (unpaired) electrons. The highest BCUT2D eigenvalue weighted by atomic mass is 16.5. The first kappa shape index (κ1) is 11.2. The van der Waals surface area contributed by atoms with Gasteiger partial charge in [-0.05, 0) is 38.1 Å². The quantitative estimate of drug-likeness (QED) is 0.603. The number of carbonyl (C=O) groups excluding carboxylic acids is 1. The highest BCUT2D eigenvalue weighted by Gasteiger charge is 2.03. The summed E-state index contributed by atoms with van der Waals surface area (Å²) in [5.41, 5.74) is 5.82. The van der Waals surface area contributed by atoms with Crippen molar-refractivity contribution in [1.82, 2.24) is 0 Å². The van der Waals surface area contributed by atoms with Gasteiger partial charge in [0.15, 0.2) is 0 Å². The van der Waals surface area contributed by atoms with Gasteiger partial charge in [0.05, 0.1) is 6.61 Å². The van der Waals surface area contributed by atoms with Crippen LogP contribution in [0.3, 0.4) is 0 Å². The molecule has 0 aromatic heterocycles. The number of amides is 1. The molecule has 2 N–H and O–H groups in total. The van der Waals surface area contributed by atoms with Crippen LogP contribution in [-0.4, -0.2) is 18.3 Å². The second-order valence-corrected chi connectivity index (χ2v) is 3.02. The number of rotatable bonds is 3. The maximum Gasteiger partial charge on any atom is 0.278 e. The maximum absolute atomic E-state index is 11.4. The van der Waals surface area contributed by atoms with Gasteiger partial charge in [-0.1, -0.05) is 0 Å². The number of aliphatic imine (C=N–C) groups is 1. The molecule has 80 valence electrons. The van der Waals surface area contributed by atoms with Crippen LogP contribution in [0.1, 0.15) is 24.2 Å². The average molecular weight is 206 g/mol. The van der Waals surface area contributed by atoms with E-state index in [4.69, 9.17) is 10.5 Å². The van der Waals surface area contributed by atoms with E-state index in [0.29, 0.717) is 12.2 Å². The zero-order valence-electron chi connectivity index (χ0n) is 8.86. The van der Waals surface area contributed by atoms with Crippen molar-refractivity contribution in [3.63, 3.8) is 0 Å². The Morgan fingerprint density at radius 2 is 2.00 bits per heavy atom. The van der Waals surface area contributed by atoms with Gasteiger partial charge in [-0.2, -0.15) is 4.99 Å². The summed E-state index contributed by atoms with van der Waals surface area (Å²) in [4.78, 5) is 15.1. The van der Waals surface area contributed by atoms with E-state index in [1.807, 2.05) is 6.92 Å². The van der Waals surface area contributed by atoms with E-state index in [9.17, 15) is 4.79 Å². The summed E-state index contributed by atoms with van der Waals surface area (Å²) in [7, 11) is 0. The van der Waals surface area contributed by atoms with Crippen LogP contribution in [0.25, 0.3) is 0 Å². The van der Waals surface area contributed by atoms with E-state index in [2.05, 4.69) is 4.99 Å². The lowest BCUT2D eigenvalue weighted by atomic mass is 10.2. The highest BCUT2D eigenvalue weighted by Crippen LogP contribution is 2.12. The van der Waals surface area contributed by atoms with Crippen LogP contribution in [0.5, 0.6) is 5.75 Å². The van der Waals surface area contributed by atoms with Gasteiger partial charge in [0.1, 0.15) is 11.6 Å². The normalized spacial score (nSPS) is 11.2. The predicted molar refractivity (Wildman–Crippen MR) is 59.2 cm³/mol. The number of carbonyl (C=O) groups is 1. The lowest BCUT2D eigenvalue weighted by molar-refractivity contribution is 0.100. The van der Waals surface area contributed by atoms with Gasteiger partial charge in [-0.15, -0.1) is 0 Å². The molecule has 0 atom stereocenters. The average Bonchev–Trinajstić information content (AvgIpc) is 2.18. The minimum atomic E-state index is -0.335. The van der Waals surface area contributed by atoms with Gasteiger partial charge in [-0.3, -0.25) is 4.79 Å². The van der Waals surface area contributed by atoms with Crippen molar-refractivity contribution < 1.29 is 9.53 Å². The van der Waals surface area contributed by atoms with Crippen molar-refractivity contribution in [1.29, 1.82) is 0 Å². The van der Waals surface area contributed by atoms with Gasteiger partial charge >= 0.3 is 0 Å². The molecule has 0 fully saturated rings. The fourth-order valence-electron chi connectivity index (χ4n) is 1.09. The lowest BCUT2D eigenvalue weighted by Gasteiger charge is -2.02. The molecule has 0 aliphatic carbocycles. The summed E-state index contributed by atoms with van der Waals surface area (Å²) in [6.07, 6.45) is 0. The standard InChI is InChI=1S/C11H14N2O2/c1-3-15-10-6-4-9(5-7-10)11(14)13-8(2)12/h4-7H,3H2,1-2H3,(H2,12,13,14). The van der Waals surface area contributed by atoms with Crippen molar-refractivity contribution in [3.05, 3.63) is 29.8 Å². The molecule has 0 bridgehead atoms. The molecular weight excluding hydrogens is 192 g/mol. The summed E-state index contributed by atoms with van der Waals surface area (Å²) >= 11 is 0. The maximum atomic E-state index is 11.4. The molecule has 0 saturated heterocycles. The molecule has 0 unspecified atom stereocenters. The van der Waals surface area contributed by atoms with Crippen LogP contribution >= 0.6 is 0 Å². The summed E-state index contributed by atoms with van der Waals surface area (Å²) < 4.78 is 5.25. The van der Waals surface area contributed by atoms with Crippen molar-refractivity contribution >= 4 is 11.7 Å². The molecule has 0 heterocycles. The molecule has 1 aromatic rings. The second-order valence-electron chi connectivity index (χ2n) is 3.02. The van der Waals surface area contributed by atoms with Crippen LogP contribution in [0.2, 0.25) is 0 Å². The number of nitrogens with two attached hydrogens (primary N) is 1. The Labute approximate surface area is 88.8 Å². The summed E-state index contributed by atoms with van der Waals surface area (Å²) in [5, 5.41) is 0. The predicted octanol–water partition coefficient (Wildman–Crippen LogP) is 1.60. The van der Waals surface area contributed by atoms with E-state index < -0.39 is 0 Å². The third-order valence-corrected chi connectivity index (χ3v) is 1.69. The van der Waals surface area contributed by atoms with Crippen LogP contribution in [0.4, 0.5) is 0 Å². The number of hydrogen-bond acceptors (Lipinski definition) is 2. The minimum absolute atomic E-state index is 0.258. The molecular formula is C11H14N2O2. The Balaban J connectivity index is 2.80. The van der Waals surface area contributed by atoms with Crippen LogP contribution in [-0.2, 0) is 0 Å². The molecule has 15 heavy (non-hydrogen) atoms. The molecule has 0 spiro atoms. The van der Waals surface area contributed by atoms with Crippen molar-refractivity contribution in [2.45, 2.75) is 13.8 Å². The van der Waals surface area contributed by atoms with E-state index in [-0.39, 0.29) is 11.7 Å². The lowest BCUT2D eigenvalue weighted by Crippen LogP contribution is -2.09. The monoisotopic (exact) mass is 206 g/mol. The smallest absolute Gasteiger partial charge is 0.278 e. The molecule has 0 aliphatic rings. The first-order chi connectivity index (χ1) is 7.13. The van der Waals surface area contributed by atoms with Crippen molar-refractivity contribution in [3.8, 4) is 5.75 Å². The van der Waals surface area contributed by atoms with Crippen LogP contribution < -0.4 is 10.5 Å². The van der Waals surface area contributed by atoms with E-state index >= 15 is 0 Å². The highest BCUT2D eigenvalue weighted by molar-refractivity contribution is 6.02. The third-order valence-electron chi connectivity index (χ3n) is 1.69. The van der Waals surface area contributed by atoms with Crippen molar-refractivity contribution in [2.75, 3.05) is 6.61 Å². The third kappa shape index (κ3) is 3.42. The SMILES string of the molecule is CCOc1ccc(C(=O)N=C(C)N)cc1. The Hall–Kier alpha value is -1.84. The Morgan fingerprint density at radius 1 is 1.40 bits per heavy atom. The number of nitrogens with zero attached hydrogens (tertiary/aromatic N) is 1. The Kier molecular flexibility index (Phi) is 3.85.